The average Bonchev–Trinajstić information content (AvgIpc) is 2.82. The Hall–Kier alpha value is -3.34. The fourth-order valence-corrected chi connectivity index (χ4v) is 4.28. The summed E-state index contributed by atoms with van der Waals surface area (Å²) in [6.45, 7) is 2.53. The first-order chi connectivity index (χ1) is 16.6. The number of fused-ring (bicyclic) bond motifs is 1. The van der Waals surface area contributed by atoms with Crippen molar-refractivity contribution in [2.45, 2.75) is 25.6 Å². The third-order valence-electron chi connectivity index (χ3n) is 6.20. The summed E-state index contributed by atoms with van der Waals surface area (Å²) in [4.78, 5) is 23.4. The van der Waals surface area contributed by atoms with Crippen LogP contribution >= 0.6 is 0 Å². The van der Waals surface area contributed by atoms with Gasteiger partial charge < -0.3 is 5.32 Å². The van der Waals surface area contributed by atoms with Crippen LogP contribution in [0.5, 0.6) is 0 Å². The van der Waals surface area contributed by atoms with Crippen LogP contribution in [0, 0.1) is 5.82 Å². The third kappa shape index (κ3) is 4.90. The van der Waals surface area contributed by atoms with Crippen molar-refractivity contribution in [3.05, 3.63) is 69.5 Å². The van der Waals surface area contributed by atoms with Crippen molar-refractivity contribution >= 4 is 22.4 Å². The molecule has 4 rings (SSSR count). The van der Waals surface area contributed by atoms with Gasteiger partial charge in [0.05, 0.1) is 17.0 Å². The Morgan fingerprint density at radius 1 is 1.23 bits per heavy atom. The maximum atomic E-state index is 14.7. The smallest absolute Gasteiger partial charge is 0.363 e. The predicted octanol–water partition coefficient (Wildman–Crippen LogP) is 4.72. The molecule has 0 unspecified atom stereocenters. The van der Waals surface area contributed by atoms with Gasteiger partial charge in [-0.3, -0.25) is 14.3 Å². The summed E-state index contributed by atoms with van der Waals surface area (Å²) >= 11 is 0. The van der Waals surface area contributed by atoms with Crippen LogP contribution in [-0.4, -0.2) is 45.7 Å². The SMILES string of the molecule is C[C@@H](Nc1ncnc2c1cc(C1=CCN(CCF)CC1)c(=O)n2C)c1cccc(C(F)(F)F)c1F. The number of benzene rings is 1. The average molecular weight is 493 g/mol. The van der Waals surface area contributed by atoms with Crippen LogP contribution in [0.15, 0.2) is 41.5 Å². The minimum Gasteiger partial charge on any atom is -0.363 e. The number of alkyl halides is 4. The van der Waals surface area contributed by atoms with Crippen LogP contribution in [0.25, 0.3) is 16.6 Å². The number of aromatic nitrogens is 3. The molecule has 1 aliphatic heterocycles. The van der Waals surface area contributed by atoms with Crippen molar-refractivity contribution < 1.29 is 22.0 Å². The molecule has 186 valence electrons. The fraction of sp³-hybridized carbons (Fsp3) is 0.375. The first-order valence-corrected chi connectivity index (χ1v) is 11.1. The second-order valence-electron chi connectivity index (χ2n) is 8.42. The van der Waals surface area contributed by atoms with E-state index in [-0.39, 0.29) is 16.9 Å². The molecule has 3 heterocycles. The number of anilines is 1. The normalized spacial score (nSPS) is 15.8. The van der Waals surface area contributed by atoms with E-state index in [1.807, 2.05) is 11.0 Å². The Balaban J connectivity index is 1.73. The van der Waals surface area contributed by atoms with E-state index in [0.717, 1.165) is 11.6 Å². The topological polar surface area (TPSA) is 63.1 Å². The van der Waals surface area contributed by atoms with Crippen LogP contribution in [0.3, 0.4) is 0 Å². The van der Waals surface area contributed by atoms with Gasteiger partial charge in [0.15, 0.2) is 0 Å². The zero-order chi connectivity index (χ0) is 25.3. The number of pyridine rings is 1. The fourth-order valence-electron chi connectivity index (χ4n) is 4.28. The summed E-state index contributed by atoms with van der Waals surface area (Å²) in [5, 5.41) is 3.45. The quantitative estimate of drug-likeness (QED) is 0.504. The third-order valence-corrected chi connectivity index (χ3v) is 6.20. The van der Waals surface area contributed by atoms with Crippen LogP contribution in [-0.2, 0) is 13.2 Å². The van der Waals surface area contributed by atoms with E-state index in [4.69, 9.17) is 0 Å². The van der Waals surface area contributed by atoms with Gasteiger partial charge in [0.1, 0.15) is 30.3 Å². The van der Waals surface area contributed by atoms with Crippen LogP contribution in [0.4, 0.5) is 27.8 Å². The van der Waals surface area contributed by atoms with E-state index in [9.17, 15) is 26.7 Å². The number of hydrogen-bond donors (Lipinski definition) is 1. The van der Waals surface area contributed by atoms with Gasteiger partial charge in [-0.1, -0.05) is 18.2 Å². The molecule has 0 radical (unpaired) electrons. The van der Waals surface area contributed by atoms with Crippen molar-refractivity contribution in [3.8, 4) is 0 Å². The van der Waals surface area contributed by atoms with Crippen molar-refractivity contribution in [2.75, 3.05) is 31.6 Å². The Morgan fingerprint density at radius 3 is 2.66 bits per heavy atom. The molecule has 35 heavy (non-hydrogen) atoms. The minimum atomic E-state index is -4.82. The van der Waals surface area contributed by atoms with Gasteiger partial charge in [0, 0.05) is 37.8 Å². The number of aryl methyl sites for hydroxylation is 1. The molecule has 0 fully saturated rings. The lowest BCUT2D eigenvalue weighted by Gasteiger charge is -2.25. The summed E-state index contributed by atoms with van der Waals surface area (Å²) in [6.07, 6.45) is -1.14. The van der Waals surface area contributed by atoms with E-state index >= 15 is 0 Å². The van der Waals surface area contributed by atoms with Gasteiger partial charge in [-0.05, 0) is 31.1 Å². The second kappa shape index (κ2) is 9.73. The zero-order valence-corrected chi connectivity index (χ0v) is 19.2. The molecule has 1 atom stereocenters. The Morgan fingerprint density at radius 2 is 2.00 bits per heavy atom. The summed E-state index contributed by atoms with van der Waals surface area (Å²) in [6, 6.07) is 3.91. The van der Waals surface area contributed by atoms with E-state index < -0.39 is 30.3 Å². The Labute approximate surface area is 198 Å². The van der Waals surface area contributed by atoms with E-state index in [2.05, 4.69) is 15.3 Å². The van der Waals surface area contributed by atoms with Gasteiger partial charge in [-0.2, -0.15) is 13.2 Å². The maximum Gasteiger partial charge on any atom is 0.419 e. The highest BCUT2D eigenvalue weighted by molar-refractivity contribution is 5.89. The molecule has 0 amide bonds. The lowest BCUT2D eigenvalue weighted by molar-refractivity contribution is -0.140. The summed E-state index contributed by atoms with van der Waals surface area (Å²) in [5.41, 5.74) is -0.190. The maximum absolute atomic E-state index is 14.7. The van der Waals surface area contributed by atoms with Gasteiger partial charge in [0.2, 0.25) is 0 Å². The van der Waals surface area contributed by atoms with Crippen LogP contribution in [0.2, 0.25) is 0 Å². The highest BCUT2D eigenvalue weighted by atomic mass is 19.4. The molecule has 0 spiro atoms. The molecular formula is C24H24F5N5O. The molecule has 0 saturated heterocycles. The molecule has 3 aromatic rings. The van der Waals surface area contributed by atoms with Crippen molar-refractivity contribution in [3.63, 3.8) is 0 Å². The van der Waals surface area contributed by atoms with Crippen LogP contribution in [0.1, 0.15) is 36.1 Å². The summed E-state index contributed by atoms with van der Waals surface area (Å²) in [7, 11) is 1.57. The largest absolute Gasteiger partial charge is 0.419 e. The molecule has 0 bridgehead atoms. The minimum absolute atomic E-state index is 0.167. The molecule has 11 heteroatoms. The zero-order valence-electron chi connectivity index (χ0n) is 19.2. The number of nitrogens with one attached hydrogen (secondary N) is 1. The van der Waals surface area contributed by atoms with Crippen LogP contribution < -0.4 is 10.9 Å². The second-order valence-corrected chi connectivity index (χ2v) is 8.42. The van der Waals surface area contributed by atoms with E-state index in [1.165, 1.54) is 23.9 Å². The Kier molecular flexibility index (Phi) is 6.88. The number of nitrogens with zero attached hydrogens (tertiary/aromatic N) is 4. The predicted molar refractivity (Wildman–Crippen MR) is 123 cm³/mol. The van der Waals surface area contributed by atoms with E-state index in [0.29, 0.717) is 48.7 Å². The van der Waals surface area contributed by atoms with Gasteiger partial charge in [0.25, 0.3) is 5.56 Å². The van der Waals surface area contributed by atoms with Crippen molar-refractivity contribution in [1.82, 2.24) is 19.4 Å². The first-order valence-electron chi connectivity index (χ1n) is 11.1. The molecule has 1 aromatic carbocycles. The summed E-state index contributed by atoms with van der Waals surface area (Å²) in [5.74, 6) is -1.09. The molecule has 0 saturated carbocycles. The molecule has 1 aliphatic rings. The lowest BCUT2D eigenvalue weighted by atomic mass is 9.99. The number of hydrogen-bond acceptors (Lipinski definition) is 5. The first kappa shape index (κ1) is 24.8. The monoisotopic (exact) mass is 493 g/mol. The summed E-state index contributed by atoms with van der Waals surface area (Å²) < 4.78 is 68.2. The highest BCUT2D eigenvalue weighted by Gasteiger charge is 2.35. The molecule has 6 nitrogen and oxygen atoms in total. The van der Waals surface area contributed by atoms with Crippen molar-refractivity contribution in [1.29, 1.82) is 0 Å². The van der Waals surface area contributed by atoms with Gasteiger partial charge in [-0.15, -0.1) is 0 Å². The van der Waals surface area contributed by atoms with E-state index in [1.54, 1.807) is 13.1 Å². The number of rotatable bonds is 6. The molecule has 2 aromatic heterocycles. The van der Waals surface area contributed by atoms with Crippen molar-refractivity contribution in [2.24, 2.45) is 7.05 Å². The molecule has 1 N–H and O–H groups in total. The highest BCUT2D eigenvalue weighted by Crippen LogP contribution is 2.35. The Bertz CT molecular complexity index is 1330. The molecular weight excluding hydrogens is 469 g/mol. The standard InChI is InChI=1S/C24H24F5N5O/c1-14(16-4-3-5-19(20(16)26)24(27,28)29)32-21-18-12-17(15-6-9-34(10-7-15)11-8-25)23(35)33(2)22(18)31-13-30-21/h3-6,12-14H,7-11H2,1-2H3,(H,30,31,32)/t14-/m1/s1. The van der Waals surface area contributed by atoms with Gasteiger partial charge in [-0.25, -0.2) is 18.7 Å². The lowest BCUT2D eigenvalue weighted by Crippen LogP contribution is -2.31. The van der Waals surface area contributed by atoms with Gasteiger partial charge >= 0.3 is 6.18 Å². The number of halogens is 5. The molecule has 0 aliphatic carbocycles.